The Hall–Kier alpha value is -2.38. The Morgan fingerprint density at radius 1 is 1.17 bits per heavy atom. The largest absolute Gasteiger partial charge is 0.350 e. The third-order valence-electron chi connectivity index (χ3n) is 5.35. The van der Waals surface area contributed by atoms with Crippen LogP contribution in [-0.2, 0) is 16.4 Å². The first-order chi connectivity index (χ1) is 13.8. The number of amides is 1. The van der Waals surface area contributed by atoms with Crippen LogP contribution in [0.25, 0.3) is 0 Å². The van der Waals surface area contributed by atoms with Crippen molar-refractivity contribution in [2.75, 3.05) is 37.2 Å². The number of anilines is 1. The van der Waals surface area contributed by atoms with Crippen LogP contribution in [0.3, 0.4) is 0 Å². The highest BCUT2D eigenvalue weighted by molar-refractivity contribution is 7.93. The summed E-state index contributed by atoms with van der Waals surface area (Å²) in [6, 6.07) is 15.3. The lowest BCUT2D eigenvalue weighted by Crippen LogP contribution is -2.34. The van der Waals surface area contributed by atoms with E-state index in [2.05, 4.69) is 41.4 Å². The fraction of sp³-hybridized carbons (Fsp3) is 0.409. The number of aryl methyl sites for hydroxylation is 1. The average molecular weight is 416 g/mol. The molecule has 0 aliphatic carbocycles. The molecule has 2 aromatic rings. The van der Waals surface area contributed by atoms with E-state index in [1.54, 1.807) is 24.3 Å². The standard InChI is InChI=1S/C22H29N3O3S/c1-4-17-9-11-18(12-10-17)21(24(2)3)16-23-22(26)19-7-5-8-20(15-19)25-13-6-14-29(25,27)28/h5,7-12,15,21H,4,6,13-14,16H2,1-3H3,(H,23,26). The van der Waals surface area contributed by atoms with Gasteiger partial charge in [-0.25, -0.2) is 8.42 Å². The third-order valence-corrected chi connectivity index (χ3v) is 7.22. The summed E-state index contributed by atoms with van der Waals surface area (Å²) in [6.07, 6.45) is 1.60. The van der Waals surface area contributed by atoms with Crippen LogP contribution < -0.4 is 9.62 Å². The summed E-state index contributed by atoms with van der Waals surface area (Å²) in [7, 11) is 0.713. The normalized spacial score (nSPS) is 16.8. The van der Waals surface area contributed by atoms with Gasteiger partial charge in [0.1, 0.15) is 0 Å². The van der Waals surface area contributed by atoms with Crippen molar-refractivity contribution >= 4 is 21.6 Å². The minimum atomic E-state index is -3.27. The van der Waals surface area contributed by atoms with Gasteiger partial charge in [-0.2, -0.15) is 0 Å². The Morgan fingerprint density at radius 2 is 1.90 bits per heavy atom. The molecule has 2 aromatic carbocycles. The lowest BCUT2D eigenvalue weighted by atomic mass is 10.0. The number of nitrogens with zero attached hydrogens (tertiary/aromatic N) is 2. The number of nitrogens with one attached hydrogen (secondary N) is 1. The average Bonchev–Trinajstić information content (AvgIpc) is 3.07. The van der Waals surface area contributed by atoms with Crippen molar-refractivity contribution in [1.29, 1.82) is 0 Å². The first-order valence-electron chi connectivity index (χ1n) is 9.96. The number of benzene rings is 2. The predicted octanol–water partition coefficient (Wildman–Crippen LogP) is 2.82. The fourth-order valence-electron chi connectivity index (χ4n) is 3.60. The molecule has 29 heavy (non-hydrogen) atoms. The second-order valence-electron chi connectivity index (χ2n) is 7.58. The van der Waals surface area contributed by atoms with Gasteiger partial charge in [-0.05, 0) is 56.3 Å². The molecule has 7 heteroatoms. The molecule has 1 saturated heterocycles. The van der Waals surface area contributed by atoms with Crippen molar-refractivity contribution in [3.8, 4) is 0 Å². The predicted molar refractivity (Wildman–Crippen MR) is 117 cm³/mol. The molecule has 3 rings (SSSR count). The summed E-state index contributed by atoms with van der Waals surface area (Å²) in [5.74, 6) is -0.0504. The van der Waals surface area contributed by atoms with Gasteiger partial charge in [0.05, 0.1) is 17.5 Å². The second kappa shape index (κ2) is 8.97. The molecule has 1 heterocycles. The van der Waals surface area contributed by atoms with Crippen molar-refractivity contribution in [1.82, 2.24) is 10.2 Å². The Morgan fingerprint density at radius 3 is 2.48 bits per heavy atom. The number of sulfonamides is 1. The number of rotatable bonds is 7. The van der Waals surface area contributed by atoms with Gasteiger partial charge in [0.15, 0.2) is 0 Å². The van der Waals surface area contributed by atoms with Crippen molar-refractivity contribution in [3.05, 3.63) is 65.2 Å². The SMILES string of the molecule is CCc1ccc(C(CNC(=O)c2cccc(N3CCCS3(=O)=O)c2)N(C)C)cc1. The summed E-state index contributed by atoms with van der Waals surface area (Å²) in [5, 5.41) is 3.00. The molecule has 1 aliphatic heterocycles. The van der Waals surface area contributed by atoms with E-state index in [1.165, 1.54) is 9.87 Å². The molecule has 1 atom stereocenters. The van der Waals surface area contributed by atoms with Gasteiger partial charge in [0.2, 0.25) is 10.0 Å². The van der Waals surface area contributed by atoms with Crippen LogP contribution in [0.1, 0.15) is 40.9 Å². The molecule has 0 aromatic heterocycles. The molecule has 1 fully saturated rings. The first-order valence-corrected chi connectivity index (χ1v) is 11.6. The van der Waals surface area contributed by atoms with Gasteiger partial charge in [0.25, 0.3) is 5.91 Å². The van der Waals surface area contributed by atoms with E-state index in [1.807, 2.05) is 14.1 Å². The van der Waals surface area contributed by atoms with Crippen molar-refractivity contribution in [2.24, 2.45) is 0 Å². The Balaban J connectivity index is 1.71. The monoisotopic (exact) mass is 415 g/mol. The number of likely N-dealkylation sites (N-methyl/N-ethyl adjacent to an activating group) is 1. The second-order valence-corrected chi connectivity index (χ2v) is 9.59. The maximum Gasteiger partial charge on any atom is 0.251 e. The van der Waals surface area contributed by atoms with Gasteiger partial charge in [-0.3, -0.25) is 9.10 Å². The number of carbonyl (C=O) groups is 1. The Kier molecular flexibility index (Phi) is 6.59. The smallest absolute Gasteiger partial charge is 0.251 e. The molecule has 0 radical (unpaired) electrons. The molecular weight excluding hydrogens is 386 g/mol. The van der Waals surface area contributed by atoms with E-state index in [0.717, 1.165) is 12.0 Å². The molecule has 0 saturated carbocycles. The van der Waals surface area contributed by atoms with Crippen LogP contribution >= 0.6 is 0 Å². The van der Waals surface area contributed by atoms with E-state index >= 15 is 0 Å². The molecule has 0 spiro atoms. The van der Waals surface area contributed by atoms with Gasteiger partial charge in [-0.15, -0.1) is 0 Å². The van der Waals surface area contributed by atoms with Crippen LogP contribution in [0, 0.1) is 0 Å². The van der Waals surface area contributed by atoms with Gasteiger partial charge >= 0.3 is 0 Å². The highest BCUT2D eigenvalue weighted by Crippen LogP contribution is 2.25. The summed E-state index contributed by atoms with van der Waals surface area (Å²) in [4.78, 5) is 14.8. The molecule has 1 unspecified atom stereocenters. The van der Waals surface area contributed by atoms with Crippen LogP contribution in [0.2, 0.25) is 0 Å². The number of carbonyl (C=O) groups excluding carboxylic acids is 1. The minimum Gasteiger partial charge on any atom is -0.350 e. The van der Waals surface area contributed by atoms with Gasteiger partial charge < -0.3 is 10.2 Å². The Labute approximate surface area is 173 Å². The molecule has 6 nitrogen and oxygen atoms in total. The Bertz CT molecular complexity index is 956. The molecule has 0 bridgehead atoms. The zero-order valence-corrected chi connectivity index (χ0v) is 18.1. The third kappa shape index (κ3) is 4.97. The molecule has 1 N–H and O–H groups in total. The summed E-state index contributed by atoms with van der Waals surface area (Å²) >= 11 is 0. The van der Waals surface area contributed by atoms with E-state index in [9.17, 15) is 13.2 Å². The number of hydrogen-bond donors (Lipinski definition) is 1. The highest BCUT2D eigenvalue weighted by atomic mass is 32.2. The van der Waals surface area contributed by atoms with Crippen molar-refractivity contribution < 1.29 is 13.2 Å². The van der Waals surface area contributed by atoms with Crippen LogP contribution in [0.5, 0.6) is 0 Å². The lowest BCUT2D eigenvalue weighted by molar-refractivity contribution is 0.0942. The number of hydrogen-bond acceptors (Lipinski definition) is 4. The molecule has 1 aliphatic rings. The van der Waals surface area contributed by atoms with Crippen molar-refractivity contribution in [3.63, 3.8) is 0 Å². The fourth-order valence-corrected chi connectivity index (χ4v) is 5.15. The van der Waals surface area contributed by atoms with E-state index in [0.29, 0.717) is 30.8 Å². The van der Waals surface area contributed by atoms with Crippen molar-refractivity contribution in [2.45, 2.75) is 25.8 Å². The maximum absolute atomic E-state index is 12.7. The topological polar surface area (TPSA) is 69.7 Å². The minimum absolute atomic E-state index is 0.0481. The summed E-state index contributed by atoms with van der Waals surface area (Å²) in [6.45, 7) is 3.05. The van der Waals surface area contributed by atoms with E-state index < -0.39 is 10.0 Å². The quantitative estimate of drug-likeness (QED) is 0.755. The highest BCUT2D eigenvalue weighted by Gasteiger charge is 2.28. The maximum atomic E-state index is 12.7. The summed E-state index contributed by atoms with van der Waals surface area (Å²) in [5.41, 5.74) is 3.44. The molecule has 156 valence electrons. The molecule has 1 amide bonds. The molecular formula is C22H29N3O3S. The van der Waals surface area contributed by atoms with Crippen LogP contribution in [0.15, 0.2) is 48.5 Å². The zero-order valence-electron chi connectivity index (χ0n) is 17.3. The van der Waals surface area contributed by atoms with Gasteiger partial charge in [-0.1, -0.05) is 37.3 Å². The lowest BCUT2D eigenvalue weighted by Gasteiger charge is -2.25. The summed E-state index contributed by atoms with van der Waals surface area (Å²) < 4.78 is 25.7. The van der Waals surface area contributed by atoms with Gasteiger partial charge in [0, 0.05) is 18.7 Å². The zero-order chi connectivity index (χ0) is 21.0. The van der Waals surface area contributed by atoms with E-state index in [4.69, 9.17) is 0 Å². The van der Waals surface area contributed by atoms with Crippen LogP contribution in [0.4, 0.5) is 5.69 Å². The first kappa shape index (κ1) is 21.3. The van der Waals surface area contributed by atoms with E-state index in [-0.39, 0.29) is 17.7 Å². The van der Waals surface area contributed by atoms with Crippen LogP contribution in [-0.4, -0.2) is 52.2 Å².